The van der Waals surface area contributed by atoms with Crippen LogP contribution in [0.15, 0.2) is 54.7 Å². The summed E-state index contributed by atoms with van der Waals surface area (Å²) in [6.45, 7) is 9.72. The first-order chi connectivity index (χ1) is 16.2. The molecule has 4 rings (SSSR count). The van der Waals surface area contributed by atoms with E-state index in [1.165, 1.54) is 18.6 Å². The fourth-order valence-corrected chi connectivity index (χ4v) is 2.99. The average Bonchev–Trinajstić information content (AvgIpc) is 3.27. The van der Waals surface area contributed by atoms with Gasteiger partial charge in [-0.1, -0.05) is 45.4 Å². The van der Waals surface area contributed by atoms with E-state index in [0.717, 1.165) is 28.6 Å². The molecule has 0 atom stereocenters. The normalized spacial score (nSPS) is 10.1. The van der Waals surface area contributed by atoms with E-state index in [2.05, 4.69) is 23.9 Å². The molecule has 0 saturated carbocycles. The number of carbonyl (C=O) groups excluding carboxylic acids is 1. The van der Waals surface area contributed by atoms with Crippen LogP contribution in [0.4, 0.5) is 4.39 Å². The van der Waals surface area contributed by atoms with Crippen LogP contribution in [0.2, 0.25) is 0 Å². The molecule has 0 bridgehead atoms. The Kier molecular flexibility index (Phi) is 9.74. The lowest BCUT2D eigenvalue weighted by Gasteiger charge is -2.09. The molecule has 0 aliphatic carbocycles. The van der Waals surface area contributed by atoms with Crippen molar-refractivity contribution in [3.8, 4) is 22.8 Å². The molecule has 0 aliphatic heterocycles. The van der Waals surface area contributed by atoms with Gasteiger partial charge in [-0.25, -0.2) is 13.9 Å². The van der Waals surface area contributed by atoms with E-state index in [-0.39, 0.29) is 17.3 Å². The van der Waals surface area contributed by atoms with Crippen molar-refractivity contribution in [2.45, 2.75) is 47.5 Å². The number of methoxy groups -OCH3 is 1. The highest BCUT2D eigenvalue weighted by atomic mass is 19.1. The van der Waals surface area contributed by atoms with E-state index < -0.39 is 0 Å². The summed E-state index contributed by atoms with van der Waals surface area (Å²) in [7, 11) is 1.65. The fraction of sp³-hybridized carbons (Fsp3) is 0.296. The lowest BCUT2D eigenvalue weighted by atomic mass is 10.1. The van der Waals surface area contributed by atoms with Crippen molar-refractivity contribution in [1.82, 2.24) is 14.6 Å². The summed E-state index contributed by atoms with van der Waals surface area (Å²) in [6, 6.07) is 13.7. The van der Waals surface area contributed by atoms with Crippen LogP contribution in [-0.2, 0) is 0 Å². The van der Waals surface area contributed by atoms with Crippen LogP contribution in [0.1, 0.15) is 55.2 Å². The van der Waals surface area contributed by atoms with Crippen LogP contribution < -0.4 is 4.74 Å². The van der Waals surface area contributed by atoms with E-state index in [1.54, 1.807) is 30.8 Å². The zero-order chi connectivity index (χ0) is 25.3. The smallest absolute Gasteiger partial charge is 0.182 e. The number of halogens is 1. The number of phenolic OH excluding ortho intramolecular Hbond substituents is 1. The second-order valence-electron chi connectivity index (χ2n) is 7.73. The molecular weight excluding hydrogens is 433 g/mol. The van der Waals surface area contributed by atoms with Crippen molar-refractivity contribution in [3.63, 3.8) is 0 Å². The second kappa shape index (κ2) is 12.5. The molecule has 0 radical (unpaired) electrons. The Labute approximate surface area is 200 Å². The van der Waals surface area contributed by atoms with Gasteiger partial charge < -0.3 is 9.84 Å². The summed E-state index contributed by atoms with van der Waals surface area (Å²) in [5.41, 5.74) is 4.56. The standard InChI is InChI=1S/C17H17N3O2.C7H7FO.C3H8/c1-4-15(21)13-10-17-18-8-7-14(20(17)19-13)12-6-5-11(2)16(9-12)22-3;1-5-2-3-6(9)4-7(5)8;1-3-2/h5-10H,4H2,1-3H3;2-4,9H,1H3;3H2,1-2H3. The minimum absolute atomic E-state index is 0.0120. The van der Waals surface area contributed by atoms with Gasteiger partial charge in [0.25, 0.3) is 0 Å². The predicted molar refractivity (Wildman–Crippen MR) is 133 cm³/mol. The van der Waals surface area contributed by atoms with Crippen LogP contribution >= 0.6 is 0 Å². The molecule has 1 N–H and O–H groups in total. The van der Waals surface area contributed by atoms with Crippen LogP contribution in [0, 0.1) is 19.7 Å². The molecule has 0 saturated heterocycles. The third-order valence-electron chi connectivity index (χ3n) is 4.82. The van der Waals surface area contributed by atoms with E-state index in [9.17, 15) is 9.18 Å². The first-order valence-electron chi connectivity index (χ1n) is 11.2. The average molecular weight is 466 g/mol. The van der Waals surface area contributed by atoms with Crippen molar-refractivity contribution in [2.75, 3.05) is 7.11 Å². The number of aromatic nitrogens is 3. The first-order valence-corrected chi connectivity index (χ1v) is 11.2. The summed E-state index contributed by atoms with van der Waals surface area (Å²) in [6.07, 6.45) is 3.40. The molecule has 2 heterocycles. The number of hydrogen-bond acceptors (Lipinski definition) is 5. The molecule has 2 aromatic heterocycles. The molecule has 180 valence electrons. The van der Waals surface area contributed by atoms with Gasteiger partial charge in [0.1, 0.15) is 23.0 Å². The molecule has 0 spiro atoms. The van der Waals surface area contributed by atoms with E-state index in [0.29, 0.717) is 23.3 Å². The number of carbonyl (C=O) groups is 1. The summed E-state index contributed by atoms with van der Waals surface area (Å²) in [5.74, 6) is 0.436. The summed E-state index contributed by atoms with van der Waals surface area (Å²) >= 11 is 0. The lowest BCUT2D eigenvalue weighted by Crippen LogP contribution is -2.00. The summed E-state index contributed by atoms with van der Waals surface area (Å²) < 4.78 is 19.5. The minimum atomic E-state index is -0.366. The highest BCUT2D eigenvalue weighted by Crippen LogP contribution is 2.27. The summed E-state index contributed by atoms with van der Waals surface area (Å²) in [4.78, 5) is 16.1. The maximum atomic E-state index is 12.4. The van der Waals surface area contributed by atoms with Gasteiger partial charge in [-0.2, -0.15) is 5.10 Å². The van der Waals surface area contributed by atoms with E-state index >= 15 is 0 Å². The zero-order valence-corrected chi connectivity index (χ0v) is 20.6. The first kappa shape index (κ1) is 26.5. The van der Waals surface area contributed by atoms with Crippen LogP contribution in [0.25, 0.3) is 16.9 Å². The Morgan fingerprint density at radius 2 is 1.71 bits per heavy atom. The number of phenols is 1. The summed E-state index contributed by atoms with van der Waals surface area (Å²) in [5, 5.41) is 13.1. The molecule has 4 aromatic rings. The number of nitrogens with zero attached hydrogens (tertiary/aromatic N) is 3. The number of benzene rings is 2. The predicted octanol–water partition coefficient (Wildman–Crippen LogP) is 6.56. The third-order valence-corrected chi connectivity index (χ3v) is 4.82. The number of ether oxygens (including phenoxy) is 1. The van der Waals surface area contributed by atoms with E-state index in [4.69, 9.17) is 9.84 Å². The number of aryl methyl sites for hydroxylation is 2. The van der Waals surface area contributed by atoms with Gasteiger partial charge in [0.15, 0.2) is 11.4 Å². The molecule has 7 heteroatoms. The Morgan fingerprint density at radius 1 is 1.03 bits per heavy atom. The van der Waals surface area contributed by atoms with Gasteiger partial charge in [-0.3, -0.25) is 4.79 Å². The van der Waals surface area contributed by atoms with Crippen LogP contribution in [0.3, 0.4) is 0 Å². The Bertz CT molecular complexity index is 1250. The highest BCUT2D eigenvalue weighted by molar-refractivity contribution is 5.95. The van der Waals surface area contributed by atoms with Crippen molar-refractivity contribution in [3.05, 3.63) is 77.4 Å². The lowest BCUT2D eigenvalue weighted by molar-refractivity contribution is 0.0983. The topological polar surface area (TPSA) is 76.7 Å². The Morgan fingerprint density at radius 3 is 2.29 bits per heavy atom. The highest BCUT2D eigenvalue weighted by Gasteiger charge is 2.13. The van der Waals surface area contributed by atoms with Crippen molar-refractivity contribution < 1.29 is 19.0 Å². The number of ketones is 1. The SMILES string of the molecule is CCC.CCC(=O)c1cc2nccc(-c3ccc(C)c(OC)c3)n2n1.Cc1ccc(O)cc1F. The number of aromatic hydroxyl groups is 1. The molecular formula is C27H32FN3O3. The van der Waals surface area contributed by atoms with Gasteiger partial charge in [-0.15, -0.1) is 0 Å². The molecule has 0 fully saturated rings. The van der Waals surface area contributed by atoms with Gasteiger partial charge in [0.2, 0.25) is 0 Å². The molecule has 0 unspecified atom stereocenters. The molecule has 0 aliphatic rings. The van der Waals surface area contributed by atoms with Crippen molar-refractivity contribution in [2.24, 2.45) is 0 Å². The number of Topliss-reactive ketones (excluding diaryl/α,β-unsaturated/α-hetero) is 1. The maximum Gasteiger partial charge on any atom is 0.182 e. The van der Waals surface area contributed by atoms with Crippen molar-refractivity contribution >= 4 is 11.4 Å². The molecule has 2 aromatic carbocycles. The van der Waals surface area contributed by atoms with Crippen LogP contribution in [0.5, 0.6) is 11.5 Å². The quantitative estimate of drug-likeness (QED) is 0.345. The second-order valence-corrected chi connectivity index (χ2v) is 7.73. The number of rotatable bonds is 4. The van der Waals surface area contributed by atoms with Crippen LogP contribution in [-0.4, -0.2) is 32.6 Å². The van der Waals surface area contributed by atoms with E-state index in [1.807, 2.05) is 38.1 Å². The third kappa shape index (κ3) is 6.63. The Balaban J connectivity index is 0.000000283. The monoisotopic (exact) mass is 465 g/mol. The minimum Gasteiger partial charge on any atom is -0.508 e. The Hall–Kier alpha value is -3.74. The number of hydrogen-bond donors (Lipinski definition) is 1. The van der Waals surface area contributed by atoms with Gasteiger partial charge in [-0.05, 0) is 43.2 Å². The van der Waals surface area contributed by atoms with Gasteiger partial charge in [0.05, 0.1) is 12.8 Å². The van der Waals surface area contributed by atoms with Gasteiger partial charge in [0, 0.05) is 30.3 Å². The largest absolute Gasteiger partial charge is 0.508 e. The molecule has 0 amide bonds. The fourth-order valence-electron chi connectivity index (χ4n) is 2.99. The molecule has 34 heavy (non-hydrogen) atoms. The van der Waals surface area contributed by atoms with Crippen molar-refractivity contribution in [1.29, 1.82) is 0 Å². The number of fused-ring (bicyclic) bond motifs is 1. The maximum absolute atomic E-state index is 12.4. The molecule has 6 nitrogen and oxygen atoms in total. The van der Waals surface area contributed by atoms with Gasteiger partial charge >= 0.3 is 0 Å². The zero-order valence-electron chi connectivity index (χ0n) is 20.6.